The van der Waals surface area contributed by atoms with E-state index < -0.39 is 17.9 Å². The third kappa shape index (κ3) is 2.00. The summed E-state index contributed by atoms with van der Waals surface area (Å²) in [6, 6.07) is 9.02. The van der Waals surface area contributed by atoms with Crippen LogP contribution in [0.15, 0.2) is 35.3 Å². The minimum atomic E-state index is -2.86. The molecule has 1 atom stereocenters. The number of esters is 1. The summed E-state index contributed by atoms with van der Waals surface area (Å²) in [7, 11) is 1.10. The van der Waals surface area contributed by atoms with E-state index in [9.17, 15) is 13.6 Å². The van der Waals surface area contributed by atoms with Gasteiger partial charge in [0.1, 0.15) is 0 Å². The predicted octanol–water partition coefficient (Wildman–Crippen LogP) is 2.45. The zero-order valence-corrected chi connectivity index (χ0v) is 9.90. The Labute approximate surface area is 103 Å². The van der Waals surface area contributed by atoms with Gasteiger partial charge in [0, 0.05) is 5.71 Å². The molecule has 1 heterocycles. The molecule has 1 aliphatic heterocycles. The normalized spacial score (nSPS) is 23.0. The van der Waals surface area contributed by atoms with Gasteiger partial charge in [-0.15, -0.1) is 0 Å². The molecular weight excluding hydrogens is 240 g/mol. The average Bonchev–Trinajstić information content (AvgIpc) is 2.85. The van der Waals surface area contributed by atoms with Crippen molar-refractivity contribution in [1.82, 2.24) is 0 Å². The molecule has 3 nitrogen and oxygen atoms in total. The summed E-state index contributed by atoms with van der Waals surface area (Å²) in [4.78, 5) is 15.5. The Hall–Kier alpha value is -1.78. The summed E-state index contributed by atoms with van der Waals surface area (Å²) in [6.45, 7) is 0. The summed E-state index contributed by atoms with van der Waals surface area (Å²) in [5.74, 6) is -0.969. The number of hydrogen-bond donors (Lipinski definition) is 0. The number of rotatable bonds is 3. The lowest BCUT2D eigenvalue weighted by atomic mass is 9.97. The fourth-order valence-corrected chi connectivity index (χ4v) is 2.07. The first kappa shape index (κ1) is 12.7. The van der Waals surface area contributed by atoms with Crippen LogP contribution in [0.25, 0.3) is 0 Å². The molecule has 0 aromatic heterocycles. The van der Waals surface area contributed by atoms with Crippen molar-refractivity contribution < 1.29 is 18.3 Å². The second-order valence-electron chi connectivity index (χ2n) is 4.14. The summed E-state index contributed by atoms with van der Waals surface area (Å²) < 4.78 is 30.7. The molecule has 0 N–H and O–H groups in total. The first-order valence-corrected chi connectivity index (χ1v) is 5.61. The van der Waals surface area contributed by atoms with Crippen LogP contribution >= 0.6 is 0 Å². The lowest BCUT2D eigenvalue weighted by molar-refractivity contribution is -0.153. The minimum Gasteiger partial charge on any atom is -0.467 e. The van der Waals surface area contributed by atoms with E-state index in [2.05, 4.69) is 9.73 Å². The summed E-state index contributed by atoms with van der Waals surface area (Å²) >= 11 is 0. The molecular formula is C13H13F2NO2. The van der Waals surface area contributed by atoms with E-state index in [0.29, 0.717) is 12.1 Å². The van der Waals surface area contributed by atoms with Gasteiger partial charge in [-0.1, -0.05) is 30.3 Å². The molecule has 5 heteroatoms. The first-order valence-electron chi connectivity index (χ1n) is 5.61. The number of alkyl halides is 2. The standard InChI is InChI=1S/C13H13F2NO2/c1-18-12(17)13(11(14)15)8-7-10(16-13)9-5-3-2-4-6-9/h2-6,11H,7-8H2,1H3. The fourth-order valence-electron chi connectivity index (χ4n) is 2.07. The zero-order chi connectivity index (χ0) is 13.2. The predicted molar refractivity (Wildman–Crippen MR) is 63.0 cm³/mol. The van der Waals surface area contributed by atoms with Crippen molar-refractivity contribution in [3.05, 3.63) is 35.9 Å². The Balaban J connectivity index is 2.37. The van der Waals surface area contributed by atoms with Crippen LogP contribution in [0.2, 0.25) is 0 Å². The Morgan fingerprint density at radius 3 is 2.61 bits per heavy atom. The highest BCUT2D eigenvalue weighted by Gasteiger charge is 2.51. The number of halogens is 2. The van der Waals surface area contributed by atoms with E-state index in [0.717, 1.165) is 12.7 Å². The Morgan fingerprint density at radius 2 is 2.06 bits per heavy atom. The fraction of sp³-hybridized carbons (Fsp3) is 0.385. The number of carbonyl (C=O) groups is 1. The average molecular weight is 253 g/mol. The highest BCUT2D eigenvalue weighted by atomic mass is 19.3. The van der Waals surface area contributed by atoms with E-state index in [1.807, 2.05) is 6.07 Å². The maximum atomic E-state index is 13.1. The van der Waals surface area contributed by atoms with Crippen molar-refractivity contribution in [2.45, 2.75) is 24.8 Å². The van der Waals surface area contributed by atoms with Crippen LogP contribution in [-0.2, 0) is 9.53 Å². The van der Waals surface area contributed by atoms with Crippen molar-refractivity contribution in [3.8, 4) is 0 Å². The van der Waals surface area contributed by atoms with Crippen LogP contribution in [0.1, 0.15) is 18.4 Å². The van der Waals surface area contributed by atoms with Crippen LogP contribution in [0.3, 0.4) is 0 Å². The third-order valence-electron chi connectivity index (χ3n) is 3.08. The molecule has 0 radical (unpaired) electrons. The molecule has 0 saturated carbocycles. The molecule has 96 valence electrons. The van der Waals surface area contributed by atoms with Crippen molar-refractivity contribution in [1.29, 1.82) is 0 Å². The topological polar surface area (TPSA) is 38.7 Å². The third-order valence-corrected chi connectivity index (χ3v) is 3.08. The van der Waals surface area contributed by atoms with Gasteiger partial charge >= 0.3 is 5.97 Å². The minimum absolute atomic E-state index is 0.0123. The quantitative estimate of drug-likeness (QED) is 0.776. The highest BCUT2D eigenvalue weighted by Crippen LogP contribution is 2.35. The highest BCUT2D eigenvalue weighted by molar-refractivity contribution is 6.04. The maximum Gasteiger partial charge on any atom is 0.339 e. The number of aliphatic imine (C=N–C) groups is 1. The van der Waals surface area contributed by atoms with Gasteiger partial charge in [0.25, 0.3) is 6.43 Å². The van der Waals surface area contributed by atoms with Gasteiger partial charge in [-0.2, -0.15) is 0 Å². The smallest absolute Gasteiger partial charge is 0.339 e. The molecule has 0 aliphatic carbocycles. The van der Waals surface area contributed by atoms with Gasteiger partial charge < -0.3 is 4.74 Å². The molecule has 2 rings (SSSR count). The number of methoxy groups -OCH3 is 1. The molecule has 0 bridgehead atoms. The Morgan fingerprint density at radius 1 is 1.39 bits per heavy atom. The molecule has 1 aromatic rings. The largest absolute Gasteiger partial charge is 0.467 e. The van der Waals surface area contributed by atoms with Crippen molar-refractivity contribution >= 4 is 11.7 Å². The molecule has 1 unspecified atom stereocenters. The van der Waals surface area contributed by atoms with Gasteiger partial charge in [-0.05, 0) is 18.4 Å². The summed E-state index contributed by atoms with van der Waals surface area (Å²) in [6.07, 6.45) is -2.52. The number of carbonyl (C=O) groups excluding carboxylic acids is 1. The van der Waals surface area contributed by atoms with Crippen LogP contribution in [0, 0.1) is 0 Å². The Bertz CT molecular complexity index is 473. The first-order chi connectivity index (χ1) is 8.60. The lowest BCUT2D eigenvalue weighted by Gasteiger charge is -2.21. The van der Waals surface area contributed by atoms with Gasteiger partial charge in [0.2, 0.25) is 5.54 Å². The second kappa shape index (κ2) is 4.84. The lowest BCUT2D eigenvalue weighted by Crippen LogP contribution is -2.42. The van der Waals surface area contributed by atoms with E-state index >= 15 is 0 Å². The number of nitrogens with zero attached hydrogens (tertiary/aromatic N) is 1. The molecule has 0 saturated heterocycles. The zero-order valence-electron chi connectivity index (χ0n) is 9.90. The van der Waals surface area contributed by atoms with Gasteiger partial charge in [-0.25, -0.2) is 13.6 Å². The van der Waals surface area contributed by atoms with Crippen LogP contribution in [0.4, 0.5) is 8.78 Å². The van der Waals surface area contributed by atoms with Crippen molar-refractivity contribution in [2.75, 3.05) is 7.11 Å². The number of hydrogen-bond acceptors (Lipinski definition) is 3. The maximum absolute atomic E-state index is 13.1. The monoisotopic (exact) mass is 253 g/mol. The number of ether oxygens (including phenoxy) is 1. The van der Waals surface area contributed by atoms with E-state index in [-0.39, 0.29) is 6.42 Å². The summed E-state index contributed by atoms with van der Waals surface area (Å²) in [5.41, 5.74) is -0.731. The molecule has 18 heavy (non-hydrogen) atoms. The number of benzene rings is 1. The molecule has 1 aliphatic rings. The second-order valence-corrected chi connectivity index (χ2v) is 4.14. The van der Waals surface area contributed by atoms with Crippen molar-refractivity contribution in [3.63, 3.8) is 0 Å². The van der Waals surface area contributed by atoms with Crippen LogP contribution < -0.4 is 0 Å². The Kier molecular flexibility index (Phi) is 3.41. The summed E-state index contributed by atoms with van der Waals surface area (Å²) in [5, 5.41) is 0. The van der Waals surface area contributed by atoms with Crippen LogP contribution in [-0.4, -0.2) is 30.8 Å². The molecule has 1 aromatic carbocycles. The molecule has 0 amide bonds. The molecule has 0 fully saturated rings. The SMILES string of the molecule is COC(=O)C1(C(F)F)CCC(c2ccccc2)=N1. The van der Waals surface area contributed by atoms with E-state index in [1.54, 1.807) is 24.3 Å². The van der Waals surface area contributed by atoms with Gasteiger partial charge in [-0.3, -0.25) is 4.99 Å². The van der Waals surface area contributed by atoms with Crippen LogP contribution in [0.5, 0.6) is 0 Å². The van der Waals surface area contributed by atoms with E-state index in [1.165, 1.54) is 0 Å². The van der Waals surface area contributed by atoms with E-state index in [4.69, 9.17) is 0 Å². The molecule has 0 spiro atoms. The van der Waals surface area contributed by atoms with Gasteiger partial charge in [0.15, 0.2) is 0 Å². The van der Waals surface area contributed by atoms with Crippen molar-refractivity contribution in [2.24, 2.45) is 4.99 Å². The van der Waals surface area contributed by atoms with Gasteiger partial charge in [0.05, 0.1) is 7.11 Å².